The number of fused-ring (bicyclic) bond motifs is 1. The van der Waals surface area contributed by atoms with Gasteiger partial charge in [-0.2, -0.15) is 0 Å². The summed E-state index contributed by atoms with van der Waals surface area (Å²) in [5.74, 6) is -0.628. The summed E-state index contributed by atoms with van der Waals surface area (Å²) < 4.78 is 5.28. The maximum atomic E-state index is 12.3. The van der Waals surface area contributed by atoms with Crippen molar-refractivity contribution in [3.05, 3.63) is 70.9 Å². The largest absolute Gasteiger partial charge is 0.454 e. The van der Waals surface area contributed by atoms with Crippen LogP contribution in [-0.2, 0) is 16.0 Å². The van der Waals surface area contributed by atoms with E-state index in [-0.39, 0.29) is 18.2 Å². The van der Waals surface area contributed by atoms with Crippen LogP contribution in [-0.4, -0.2) is 22.8 Å². The minimum absolute atomic E-state index is 0.222. The fraction of sp³-hybridized carbons (Fsp3) is 0.200. The summed E-state index contributed by atoms with van der Waals surface area (Å²) in [4.78, 5) is 27.5. The molecule has 0 unspecified atom stereocenters. The van der Waals surface area contributed by atoms with Crippen LogP contribution >= 0.6 is 11.6 Å². The zero-order valence-corrected chi connectivity index (χ0v) is 14.5. The highest BCUT2D eigenvalue weighted by Gasteiger charge is 2.19. The van der Waals surface area contributed by atoms with E-state index in [1.807, 2.05) is 30.5 Å². The number of hydrogen-bond acceptors (Lipinski definition) is 3. The van der Waals surface area contributed by atoms with Gasteiger partial charge in [0.2, 0.25) is 5.78 Å². The van der Waals surface area contributed by atoms with Crippen LogP contribution in [0.3, 0.4) is 0 Å². The Morgan fingerprint density at radius 2 is 1.84 bits per heavy atom. The van der Waals surface area contributed by atoms with Crippen molar-refractivity contribution in [3.63, 3.8) is 0 Å². The Balaban J connectivity index is 1.56. The molecule has 3 aromatic rings. The van der Waals surface area contributed by atoms with Crippen LogP contribution in [0.4, 0.5) is 0 Å². The van der Waals surface area contributed by atoms with E-state index in [2.05, 4.69) is 4.98 Å². The fourth-order valence-electron chi connectivity index (χ4n) is 2.73. The van der Waals surface area contributed by atoms with Gasteiger partial charge in [0.15, 0.2) is 6.10 Å². The first kappa shape index (κ1) is 17.2. The molecule has 0 aliphatic heterocycles. The van der Waals surface area contributed by atoms with Gasteiger partial charge in [-0.15, -0.1) is 0 Å². The molecule has 1 heterocycles. The Morgan fingerprint density at radius 1 is 1.12 bits per heavy atom. The summed E-state index contributed by atoms with van der Waals surface area (Å²) in [5.41, 5.74) is 2.57. The van der Waals surface area contributed by atoms with Crippen molar-refractivity contribution in [2.45, 2.75) is 25.9 Å². The monoisotopic (exact) mass is 355 g/mol. The van der Waals surface area contributed by atoms with Crippen molar-refractivity contribution < 1.29 is 14.3 Å². The molecule has 4 nitrogen and oxygen atoms in total. The zero-order chi connectivity index (χ0) is 17.8. The van der Waals surface area contributed by atoms with Crippen LogP contribution in [0.2, 0.25) is 5.02 Å². The second-order valence-corrected chi connectivity index (χ2v) is 6.30. The molecule has 1 atom stereocenters. The molecule has 1 aromatic heterocycles. The van der Waals surface area contributed by atoms with Gasteiger partial charge in [0.05, 0.1) is 0 Å². The van der Waals surface area contributed by atoms with Crippen molar-refractivity contribution in [2.75, 3.05) is 0 Å². The number of rotatable bonds is 6. The Morgan fingerprint density at radius 3 is 2.60 bits per heavy atom. The number of nitrogens with one attached hydrogen (secondary N) is 1. The first-order valence-electron chi connectivity index (χ1n) is 8.09. The van der Waals surface area contributed by atoms with E-state index in [1.165, 1.54) is 0 Å². The Hall–Kier alpha value is -2.59. The SMILES string of the molecule is C[C@H](OC(=O)CCc1c[nH]c2ccccc12)C(=O)c1ccc(Cl)cc1. The van der Waals surface area contributed by atoms with Crippen LogP contribution in [0.1, 0.15) is 29.3 Å². The number of ether oxygens (including phenoxy) is 1. The minimum Gasteiger partial charge on any atom is -0.454 e. The number of benzene rings is 2. The maximum absolute atomic E-state index is 12.3. The fourth-order valence-corrected chi connectivity index (χ4v) is 2.86. The summed E-state index contributed by atoms with van der Waals surface area (Å²) in [6.45, 7) is 1.58. The number of aryl methyl sites for hydroxylation is 1. The molecule has 3 rings (SSSR count). The van der Waals surface area contributed by atoms with Gasteiger partial charge < -0.3 is 9.72 Å². The first-order valence-corrected chi connectivity index (χ1v) is 8.46. The summed E-state index contributed by atoms with van der Waals surface area (Å²) >= 11 is 5.81. The van der Waals surface area contributed by atoms with E-state index < -0.39 is 6.10 Å². The number of esters is 1. The van der Waals surface area contributed by atoms with Gasteiger partial charge in [0.1, 0.15) is 0 Å². The molecule has 0 aliphatic carbocycles. The first-order chi connectivity index (χ1) is 12.0. The van der Waals surface area contributed by atoms with Crippen LogP contribution in [0.5, 0.6) is 0 Å². The quantitative estimate of drug-likeness (QED) is 0.520. The summed E-state index contributed by atoms with van der Waals surface area (Å²) in [5, 5.41) is 1.65. The third-order valence-electron chi connectivity index (χ3n) is 4.08. The number of aromatic nitrogens is 1. The standard InChI is InChI=1S/C20H18ClNO3/c1-13(20(24)14-6-9-16(21)10-7-14)25-19(23)11-8-15-12-22-18-5-3-2-4-17(15)18/h2-7,9-10,12-13,22H,8,11H2,1H3/t13-/m0/s1. The zero-order valence-electron chi connectivity index (χ0n) is 13.8. The number of H-pyrrole nitrogens is 1. The van der Waals surface area contributed by atoms with Crippen LogP contribution in [0.25, 0.3) is 10.9 Å². The molecule has 0 bridgehead atoms. The van der Waals surface area contributed by atoms with Crippen molar-refractivity contribution in [1.29, 1.82) is 0 Å². The molecule has 1 N–H and O–H groups in total. The third-order valence-corrected chi connectivity index (χ3v) is 4.33. The van der Waals surface area contributed by atoms with Gasteiger partial charge in [0, 0.05) is 34.1 Å². The predicted molar refractivity (Wildman–Crippen MR) is 98.0 cm³/mol. The summed E-state index contributed by atoms with van der Waals surface area (Å²) in [6, 6.07) is 14.5. The van der Waals surface area contributed by atoms with Gasteiger partial charge in [0.25, 0.3) is 0 Å². The Bertz CT molecular complexity index is 899. The molecular formula is C20H18ClNO3. The number of ketones is 1. The van der Waals surface area contributed by atoms with E-state index in [0.29, 0.717) is 17.0 Å². The van der Waals surface area contributed by atoms with E-state index in [0.717, 1.165) is 16.5 Å². The van der Waals surface area contributed by atoms with Gasteiger partial charge in [-0.05, 0) is 49.2 Å². The highest BCUT2D eigenvalue weighted by atomic mass is 35.5. The summed E-state index contributed by atoms with van der Waals surface area (Å²) in [6.07, 6.45) is 1.86. The van der Waals surface area contributed by atoms with Gasteiger partial charge >= 0.3 is 5.97 Å². The van der Waals surface area contributed by atoms with Gasteiger partial charge in [-0.25, -0.2) is 0 Å². The number of para-hydroxylation sites is 1. The average Bonchev–Trinajstić information content (AvgIpc) is 3.03. The molecule has 0 radical (unpaired) electrons. The number of carbonyl (C=O) groups excluding carboxylic acids is 2. The molecule has 128 valence electrons. The molecule has 0 amide bonds. The predicted octanol–water partition coefficient (Wildman–Crippen LogP) is 4.57. The van der Waals surface area contributed by atoms with E-state index in [9.17, 15) is 9.59 Å². The van der Waals surface area contributed by atoms with Crippen molar-refractivity contribution in [2.24, 2.45) is 0 Å². The van der Waals surface area contributed by atoms with E-state index >= 15 is 0 Å². The van der Waals surface area contributed by atoms with Crippen molar-refractivity contribution in [1.82, 2.24) is 4.98 Å². The lowest BCUT2D eigenvalue weighted by Gasteiger charge is -2.12. The molecule has 0 saturated heterocycles. The average molecular weight is 356 g/mol. The van der Waals surface area contributed by atoms with E-state index in [4.69, 9.17) is 16.3 Å². The molecule has 0 fully saturated rings. The van der Waals surface area contributed by atoms with Crippen LogP contribution in [0, 0.1) is 0 Å². The third kappa shape index (κ3) is 4.09. The lowest BCUT2D eigenvalue weighted by Crippen LogP contribution is -2.24. The topological polar surface area (TPSA) is 59.2 Å². The molecular weight excluding hydrogens is 338 g/mol. The molecule has 2 aromatic carbocycles. The number of aromatic amines is 1. The summed E-state index contributed by atoms with van der Waals surface area (Å²) in [7, 11) is 0. The molecule has 25 heavy (non-hydrogen) atoms. The highest BCUT2D eigenvalue weighted by Crippen LogP contribution is 2.19. The Kier molecular flexibility index (Phi) is 5.19. The number of halogens is 1. The highest BCUT2D eigenvalue weighted by molar-refractivity contribution is 6.30. The normalized spacial score (nSPS) is 12.1. The van der Waals surface area contributed by atoms with E-state index in [1.54, 1.807) is 31.2 Å². The minimum atomic E-state index is -0.823. The smallest absolute Gasteiger partial charge is 0.306 e. The molecule has 0 spiro atoms. The van der Waals surface area contributed by atoms with Crippen LogP contribution in [0.15, 0.2) is 54.7 Å². The van der Waals surface area contributed by atoms with Gasteiger partial charge in [-0.1, -0.05) is 29.8 Å². The lowest BCUT2D eigenvalue weighted by molar-refractivity contribution is -0.146. The van der Waals surface area contributed by atoms with Crippen molar-refractivity contribution >= 4 is 34.3 Å². The molecule has 0 saturated carbocycles. The molecule has 5 heteroatoms. The Labute approximate surface area is 150 Å². The van der Waals surface area contributed by atoms with Crippen molar-refractivity contribution in [3.8, 4) is 0 Å². The second kappa shape index (κ2) is 7.53. The lowest BCUT2D eigenvalue weighted by atomic mass is 10.1. The molecule has 0 aliphatic rings. The van der Waals surface area contributed by atoms with Crippen LogP contribution < -0.4 is 0 Å². The maximum Gasteiger partial charge on any atom is 0.306 e. The second-order valence-electron chi connectivity index (χ2n) is 5.86. The number of hydrogen-bond donors (Lipinski definition) is 1. The number of Topliss-reactive ketones (excluding diaryl/α,β-unsaturated/α-hetero) is 1. The van der Waals surface area contributed by atoms with Gasteiger partial charge in [-0.3, -0.25) is 9.59 Å². The number of carbonyl (C=O) groups is 2.